The second-order valence-electron chi connectivity index (χ2n) is 6.17. The van der Waals surface area contributed by atoms with Gasteiger partial charge in [0.25, 0.3) is 0 Å². The van der Waals surface area contributed by atoms with Crippen molar-refractivity contribution in [1.29, 1.82) is 0 Å². The summed E-state index contributed by atoms with van der Waals surface area (Å²) in [4.78, 5) is 27.0. The summed E-state index contributed by atoms with van der Waals surface area (Å²) in [6.45, 7) is 0.469. The van der Waals surface area contributed by atoms with E-state index >= 15 is 0 Å². The quantitative estimate of drug-likeness (QED) is 0.944. The number of hydrogen-bond acceptors (Lipinski definition) is 3. The van der Waals surface area contributed by atoms with Crippen LogP contribution in [0.1, 0.15) is 36.5 Å². The minimum Gasteiger partial charge on any atom is -0.467 e. The Bertz CT molecular complexity index is 734. The molecule has 1 N–H and O–H groups in total. The second kappa shape index (κ2) is 5.57. The highest BCUT2D eigenvalue weighted by Gasteiger charge is 2.39. The zero-order chi connectivity index (χ0) is 15.8. The maximum absolute atomic E-state index is 13.1. The first-order chi connectivity index (χ1) is 11.2. The summed E-state index contributed by atoms with van der Waals surface area (Å²) in [7, 11) is 0. The van der Waals surface area contributed by atoms with Gasteiger partial charge < -0.3 is 14.6 Å². The molecular weight excluding hydrogens is 292 g/mol. The molecule has 0 spiro atoms. The summed E-state index contributed by atoms with van der Waals surface area (Å²) < 4.78 is 5.40. The first kappa shape index (κ1) is 14.1. The Hall–Kier alpha value is -2.56. The van der Waals surface area contributed by atoms with E-state index in [0.717, 1.165) is 29.9 Å². The van der Waals surface area contributed by atoms with Crippen molar-refractivity contribution >= 4 is 17.5 Å². The average molecular weight is 310 g/mol. The van der Waals surface area contributed by atoms with E-state index in [1.807, 2.05) is 41.3 Å². The molecule has 1 fully saturated rings. The zero-order valence-electron chi connectivity index (χ0n) is 12.7. The predicted molar refractivity (Wildman–Crippen MR) is 84.7 cm³/mol. The van der Waals surface area contributed by atoms with Crippen LogP contribution in [0, 0.1) is 0 Å². The lowest BCUT2D eigenvalue weighted by Crippen LogP contribution is -2.39. The summed E-state index contributed by atoms with van der Waals surface area (Å²) in [5.41, 5.74) is 1.65. The number of hydrogen-bond donors (Lipinski definition) is 1. The summed E-state index contributed by atoms with van der Waals surface area (Å²) in [6.07, 6.45) is 3.87. The summed E-state index contributed by atoms with van der Waals surface area (Å²) in [5, 5.41) is 2.85. The van der Waals surface area contributed by atoms with E-state index in [0.29, 0.717) is 6.54 Å². The third-order valence-electron chi connectivity index (χ3n) is 4.47. The van der Waals surface area contributed by atoms with Gasteiger partial charge in [0.15, 0.2) is 0 Å². The van der Waals surface area contributed by atoms with Crippen LogP contribution in [0.25, 0.3) is 0 Å². The Morgan fingerprint density at radius 3 is 2.78 bits per heavy atom. The lowest BCUT2D eigenvalue weighted by molar-refractivity contribution is -0.136. The number of nitrogens with one attached hydrogen (secondary N) is 1. The van der Waals surface area contributed by atoms with Gasteiger partial charge in [-0.25, -0.2) is 0 Å². The summed E-state index contributed by atoms with van der Waals surface area (Å²) in [5.74, 6) is 0.288. The third-order valence-corrected chi connectivity index (χ3v) is 4.47. The first-order valence-corrected chi connectivity index (χ1v) is 7.94. The van der Waals surface area contributed by atoms with Crippen molar-refractivity contribution in [2.45, 2.75) is 37.8 Å². The van der Waals surface area contributed by atoms with Gasteiger partial charge in [-0.15, -0.1) is 0 Å². The van der Waals surface area contributed by atoms with Gasteiger partial charge in [0.2, 0.25) is 11.8 Å². The fourth-order valence-electron chi connectivity index (χ4n) is 3.18. The van der Waals surface area contributed by atoms with Crippen LogP contribution in [-0.4, -0.2) is 22.8 Å². The van der Waals surface area contributed by atoms with Crippen LogP contribution < -0.4 is 5.32 Å². The van der Waals surface area contributed by atoms with Gasteiger partial charge in [-0.1, -0.05) is 18.2 Å². The van der Waals surface area contributed by atoms with E-state index in [-0.39, 0.29) is 24.3 Å². The number of benzene rings is 1. The molecule has 5 heteroatoms. The molecule has 4 rings (SSSR count). The van der Waals surface area contributed by atoms with Crippen molar-refractivity contribution in [3.05, 3.63) is 54.0 Å². The van der Waals surface area contributed by atoms with Gasteiger partial charge in [-0.2, -0.15) is 0 Å². The normalized spacial score (nSPS) is 19.8. The lowest BCUT2D eigenvalue weighted by atomic mass is 9.89. The molecule has 118 valence electrons. The van der Waals surface area contributed by atoms with E-state index in [1.165, 1.54) is 0 Å². The second-order valence-corrected chi connectivity index (χ2v) is 6.17. The van der Waals surface area contributed by atoms with Crippen LogP contribution in [0.3, 0.4) is 0 Å². The van der Waals surface area contributed by atoms with Crippen LogP contribution >= 0.6 is 0 Å². The molecule has 0 saturated heterocycles. The maximum atomic E-state index is 13.1. The molecular formula is C18H18N2O3. The smallest absolute Gasteiger partial charge is 0.231 e. The average Bonchev–Trinajstić information content (AvgIpc) is 3.27. The van der Waals surface area contributed by atoms with E-state index in [9.17, 15) is 9.59 Å². The number of fused-ring (bicyclic) bond motifs is 1. The topological polar surface area (TPSA) is 62.6 Å². The SMILES string of the molecule is O=C1C[C@H](C(=O)N(Cc2ccco2)C2CC2)c2ccccc2N1. The first-order valence-electron chi connectivity index (χ1n) is 7.94. The summed E-state index contributed by atoms with van der Waals surface area (Å²) in [6, 6.07) is 11.5. The molecule has 1 aromatic heterocycles. The van der Waals surface area contributed by atoms with Crippen LogP contribution in [0.2, 0.25) is 0 Å². The van der Waals surface area contributed by atoms with Gasteiger partial charge >= 0.3 is 0 Å². The standard InChI is InChI=1S/C18H18N2O3/c21-17-10-15(14-5-1-2-6-16(14)19-17)18(22)20(12-7-8-12)11-13-4-3-9-23-13/h1-6,9,12,15H,7-8,10-11H2,(H,19,21)/t15-/m0/s1. The molecule has 1 aliphatic carbocycles. The molecule has 0 radical (unpaired) electrons. The molecule has 1 saturated carbocycles. The van der Waals surface area contributed by atoms with Crippen LogP contribution in [-0.2, 0) is 16.1 Å². The van der Waals surface area contributed by atoms with Crippen molar-refractivity contribution in [3.63, 3.8) is 0 Å². The number of furan rings is 1. The number of carbonyl (C=O) groups is 2. The molecule has 0 bridgehead atoms. The van der Waals surface area contributed by atoms with Gasteiger partial charge in [0.1, 0.15) is 5.76 Å². The number of amides is 2. The Labute approximate surface area is 134 Å². The Balaban J connectivity index is 1.63. The van der Waals surface area contributed by atoms with Gasteiger partial charge in [0.05, 0.1) is 18.7 Å². The fraction of sp³-hybridized carbons (Fsp3) is 0.333. The largest absolute Gasteiger partial charge is 0.467 e. The molecule has 5 nitrogen and oxygen atoms in total. The third kappa shape index (κ3) is 2.74. The number of anilines is 1. The highest BCUT2D eigenvalue weighted by atomic mass is 16.3. The van der Waals surface area contributed by atoms with Gasteiger partial charge in [-0.05, 0) is 36.6 Å². The zero-order valence-corrected chi connectivity index (χ0v) is 12.7. The van der Waals surface area contributed by atoms with Crippen molar-refractivity contribution in [2.24, 2.45) is 0 Å². The molecule has 2 amide bonds. The minimum absolute atomic E-state index is 0.0196. The molecule has 0 unspecified atom stereocenters. The fourth-order valence-corrected chi connectivity index (χ4v) is 3.18. The molecule has 2 heterocycles. The van der Waals surface area contributed by atoms with E-state index in [1.54, 1.807) is 6.26 Å². The molecule has 1 atom stereocenters. The Morgan fingerprint density at radius 2 is 2.04 bits per heavy atom. The van der Waals surface area contributed by atoms with Crippen LogP contribution in [0.15, 0.2) is 47.1 Å². The number of carbonyl (C=O) groups excluding carboxylic acids is 2. The van der Waals surface area contributed by atoms with Gasteiger partial charge in [0, 0.05) is 18.2 Å². The Morgan fingerprint density at radius 1 is 1.22 bits per heavy atom. The summed E-state index contributed by atoms with van der Waals surface area (Å²) >= 11 is 0. The van der Waals surface area contributed by atoms with Crippen molar-refractivity contribution < 1.29 is 14.0 Å². The number of rotatable bonds is 4. The monoisotopic (exact) mass is 310 g/mol. The highest BCUT2D eigenvalue weighted by Crippen LogP contribution is 2.37. The van der Waals surface area contributed by atoms with Crippen molar-refractivity contribution in [1.82, 2.24) is 4.90 Å². The van der Waals surface area contributed by atoms with Crippen molar-refractivity contribution in [2.75, 3.05) is 5.32 Å². The number of nitrogens with zero attached hydrogens (tertiary/aromatic N) is 1. The maximum Gasteiger partial charge on any atom is 0.231 e. The predicted octanol–water partition coefficient (Wildman–Crippen LogP) is 2.90. The van der Waals surface area contributed by atoms with Crippen LogP contribution in [0.4, 0.5) is 5.69 Å². The number of para-hydroxylation sites is 1. The molecule has 2 aliphatic rings. The van der Waals surface area contributed by atoms with E-state index < -0.39 is 5.92 Å². The molecule has 2 aromatic rings. The van der Waals surface area contributed by atoms with Crippen molar-refractivity contribution in [3.8, 4) is 0 Å². The molecule has 1 aliphatic heterocycles. The van der Waals surface area contributed by atoms with Crippen LogP contribution in [0.5, 0.6) is 0 Å². The molecule has 23 heavy (non-hydrogen) atoms. The molecule has 1 aromatic carbocycles. The Kier molecular flexibility index (Phi) is 3.41. The minimum atomic E-state index is -0.407. The van der Waals surface area contributed by atoms with E-state index in [2.05, 4.69) is 5.32 Å². The van der Waals surface area contributed by atoms with E-state index in [4.69, 9.17) is 4.42 Å². The highest BCUT2D eigenvalue weighted by molar-refractivity contribution is 6.01. The van der Waals surface area contributed by atoms with Gasteiger partial charge in [-0.3, -0.25) is 9.59 Å². The lowest BCUT2D eigenvalue weighted by Gasteiger charge is -2.30.